The van der Waals surface area contributed by atoms with E-state index in [1.54, 1.807) is 10.9 Å². The molecule has 0 bridgehead atoms. The number of rotatable bonds is 4. The summed E-state index contributed by atoms with van der Waals surface area (Å²) >= 11 is 0. The van der Waals surface area contributed by atoms with Gasteiger partial charge in [-0.3, -0.25) is 4.79 Å². The van der Waals surface area contributed by atoms with E-state index in [1.165, 1.54) is 18.3 Å². The number of anilines is 1. The van der Waals surface area contributed by atoms with E-state index >= 15 is 0 Å². The summed E-state index contributed by atoms with van der Waals surface area (Å²) in [6.45, 7) is 6.07. The highest BCUT2D eigenvalue weighted by molar-refractivity contribution is 5.93. The van der Waals surface area contributed by atoms with Gasteiger partial charge in [-0.25, -0.2) is 14.6 Å². The second-order valence-corrected chi connectivity index (χ2v) is 8.62. The molecule has 0 radical (unpaired) electrons. The van der Waals surface area contributed by atoms with E-state index in [0.29, 0.717) is 17.3 Å². The van der Waals surface area contributed by atoms with Crippen LogP contribution in [0.3, 0.4) is 0 Å². The van der Waals surface area contributed by atoms with Gasteiger partial charge in [0.15, 0.2) is 11.5 Å². The fourth-order valence-electron chi connectivity index (χ4n) is 4.48. The first kappa shape index (κ1) is 20.4. The number of aromatic nitrogens is 6. The first-order valence-electron chi connectivity index (χ1n) is 11.2. The van der Waals surface area contributed by atoms with Crippen LogP contribution in [0.5, 0.6) is 0 Å². The molecule has 1 aliphatic rings. The van der Waals surface area contributed by atoms with E-state index in [1.807, 2.05) is 29.8 Å². The predicted octanol–water partition coefficient (Wildman–Crippen LogP) is 4.45. The summed E-state index contributed by atoms with van der Waals surface area (Å²) in [6.07, 6.45) is 8.60. The number of nitrogens with zero attached hydrogens (tertiary/aromatic N) is 6. The van der Waals surface area contributed by atoms with Gasteiger partial charge >= 0.3 is 0 Å². The normalized spacial score (nSPS) is 14.7. The molecule has 1 aromatic carbocycles. The zero-order valence-corrected chi connectivity index (χ0v) is 18.7. The Bertz CT molecular complexity index is 1300. The molecule has 32 heavy (non-hydrogen) atoms. The van der Waals surface area contributed by atoms with Gasteiger partial charge < -0.3 is 5.32 Å². The number of aryl methyl sites for hydroxylation is 2. The number of benzene rings is 1. The molecule has 0 aliphatic heterocycles. The van der Waals surface area contributed by atoms with Crippen molar-refractivity contribution in [2.75, 3.05) is 5.32 Å². The summed E-state index contributed by atoms with van der Waals surface area (Å²) in [5.41, 5.74) is 4.81. The maximum atomic E-state index is 12.9. The predicted molar refractivity (Wildman–Crippen MR) is 123 cm³/mol. The summed E-state index contributed by atoms with van der Waals surface area (Å²) < 4.78 is 3.52. The summed E-state index contributed by atoms with van der Waals surface area (Å²) in [5.74, 6) is 1.34. The number of amides is 1. The van der Waals surface area contributed by atoms with Gasteiger partial charge in [-0.2, -0.15) is 14.9 Å². The molecule has 3 aromatic heterocycles. The maximum Gasteiger partial charge on any atom is 0.228 e. The lowest BCUT2D eigenvalue weighted by Gasteiger charge is -2.20. The minimum atomic E-state index is 0.0576. The van der Waals surface area contributed by atoms with Gasteiger partial charge in [0, 0.05) is 12.0 Å². The van der Waals surface area contributed by atoms with Crippen molar-refractivity contribution in [1.82, 2.24) is 29.5 Å². The molecule has 1 amide bonds. The Morgan fingerprint density at radius 3 is 2.69 bits per heavy atom. The maximum absolute atomic E-state index is 12.9. The summed E-state index contributed by atoms with van der Waals surface area (Å²) in [4.78, 5) is 21.9. The average Bonchev–Trinajstić information content (AvgIpc) is 3.39. The van der Waals surface area contributed by atoms with Crippen LogP contribution in [0.2, 0.25) is 0 Å². The number of hydrogen-bond acceptors (Lipinski definition) is 5. The van der Waals surface area contributed by atoms with Gasteiger partial charge in [0.05, 0.1) is 23.0 Å². The molecule has 3 heterocycles. The van der Waals surface area contributed by atoms with Gasteiger partial charge in [0.2, 0.25) is 5.91 Å². The third-order valence-electron chi connectivity index (χ3n) is 6.41. The number of carbonyl (C=O) groups is 1. The molecule has 0 atom stereocenters. The Morgan fingerprint density at radius 2 is 1.88 bits per heavy atom. The average molecular weight is 430 g/mol. The summed E-state index contributed by atoms with van der Waals surface area (Å²) in [7, 11) is 0. The third kappa shape index (κ3) is 3.55. The first-order chi connectivity index (χ1) is 15.5. The van der Waals surface area contributed by atoms with Crippen molar-refractivity contribution >= 4 is 22.8 Å². The van der Waals surface area contributed by atoms with Crippen molar-refractivity contribution in [1.29, 1.82) is 0 Å². The molecule has 164 valence electrons. The minimum absolute atomic E-state index is 0.0576. The molecule has 5 rings (SSSR count). The molecule has 0 unspecified atom stereocenters. The van der Waals surface area contributed by atoms with Crippen LogP contribution in [0.25, 0.3) is 22.5 Å². The van der Waals surface area contributed by atoms with Crippen LogP contribution < -0.4 is 5.32 Å². The SMILES string of the molecule is Cc1cc(NC(=O)C2CCCCC2)n(-c2ncnc3c2cnn3-c2cccc(C)c2C)n1. The highest BCUT2D eigenvalue weighted by atomic mass is 16.2. The summed E-state index contributed by atoms with van der Waals surface area (Å²) in [6, 6.07) is 8.01. The fraction of sp³-hybridized carbons (Fsp3) is 0.375. The third-order valence-corrected chi connectivity index (χ3v) is 6.41. The van der Waals surface area contributed by atoms with Gasteiger partial charge in [-0.05, 0) is 50.8 Å². The van der Waals surface area contributed by atoms with Gasteiger partial charge in [0.25, 0.3) is 0 Å². The van der Waals surface area contributed by atoms with Crippen LogP contribution in [0, 0.1) is 26.7 Å². The second-order valence-electron chi connectivity index (χ2n) is 8.62. The molecular formula is C24H27N7O. The van der Waals surface area contributed by atoms with Crippen molar-refractivity contribution in [3.63, 3.8) is 0 Å². The van der Waals surface area contributed by atoms with E-state index in [9.17, 15) is 4.79 Å². The Labute approximate surface area is 186 Å². The standard InChI is InChI=1S/C24H27N7O/c1-15-8-7-11-20(17(15)3)30-22-19(13-27-30)23(26-14-25-22)31-21(12-16(2)29-31)28-24(32)18-9-5-4-6-10-18/h7-8,11-14,18H,4-6,9-10H2,1-3H3,(H,28,32). The molecule has 1 saturated carbocycles. The van der Waals surface area contributed by atoms with Crippen molar-refractivity contribution in [2.24, 2.45) is 5.92 Å². The van der Waals surface area contributed by atoms with Crippen LogP contribution in [-0.4, -0.2) is 35.4 Å². The largest absolute Gasteiger partial charge is 0.310 e. The molecule has 0 saturated heterocycles. The van der Waals surface area contributed by atoms with Crippen molar-refractivity contribution in [2.45, 2.75) is 52.9 Å². The highest BCUT2D eigenvalue weighted by Gasteiger charge is 2.24. The van der Waals surface area contributed by atoms with E-state index in [2.05, 4.69) is 45.4 Å². The second kappa shape index (κ2) is 8.18. The van der Waals surface area contributed by atoms with Crippen molar-refractivity contribution in [3.05, 3.63) is 53.6 Å². The van der Waals surface area contributed by atoms with Gasteiger partial charge in [-0.15, -0.1) is 0 Å². The fourth-order valence-corrected chi connectivity index (χ4v) is 4.48. The molecule has 0 spiro atoms. The Balaban J connectivity index is 1.55. The topological polar surface area (TPSA) is 90.5 Å². The molecular weight excluding hydrogens is 402 g/mol. The van der Waals surface area contributed by atoms with Crippen LogP contribution in [0.15, 0.2) is 36.8 Å². The van der Waals surface area contributed by atoms with Crippen LogP contribution in [0.1, 0.15) is 48.9 Å². The molecule has 4 aromatic rings. The van der Waals surface area contributed by atoms with E-state index in [4.69, 9.17) is 0 Å². The van der Waals surface area contributed by atoms with Crippen LogP contribution in [-0.2, 0) is 4.79 Å². The lowest BCUT2D eigenvalue weighted by molar-refractivity contribution is -0.120. The molecule has 1 aliphatic carbocycles. The number of fused-ring (bicyclic) bond motifs is 1. The zero-order chi connectivity index (χ0) is 22.2. The van der Waals surface area contributed by atoms with E-state index in [-0.39, 0.29) is 11.8 Å². The van der Waals surface area contributed by atoms with E-state index < -0.39 is 0 Å². The van der Waals surface area contributed by atoms with Crippen LogP contribution >= 0.6 is 0 Å². The summed E-state index contributed by atoms with van der Waals surface area (Å²) in [5, 5.41) is 13.1. The highest BCUT2D eigenvalue weighted by Crippen LogP contribution is 2.28. The monoisotopic (exact) mass is 429 g/mol. The van der Waals surface area contributed by atoms with Gasteiger partial charge in [0.1, 0.15) is 12.1 Å². The minimum Gasteiger partial charge on any atom is -0.310 e. The Morgan fingerprint density at radius 1 is 1.06 bits per heavy atom. The van der Waals surface area contributed by atoms with Crippen molar-refractivity contribution in [3.8, 4) is 11.5 Å². The lowest BCUT2D eigenvalue weighted by Crippen LogP contribution is -2.26. The molecule has 1 N–H and O–H groups in total. The number of carbonyl (C=O) groups excluding carboxylic acids is 1. The zero-order valence-electron chi connectivity index (χ0n) is 18.7. The molecule has 1 fully saturated rings. The number of hydrogen-bond donors (Lipinski definition) is 1. The molecule has 8 nitrogen and oxygen atoms in total. The molecule has 8 heteroatoms. The van der Waals surface area contributed by atoms with E-state index in [0.717, 1.165) is 48.0 Å². The quantitative estimate of drug-likeness (QED) is 0.518. The lowest BCUT2D eigenvalue weighted by atomic mass is 9.89. The number of nitrogens with one attached hydrogen (secondary N) is 1. The Kier molecular flexibility index (Phi) is 5.20. The van der Waals surface area contributed by atoms with Gasteiger partial charge in [-0.1, -0.05) is 31.4 Å². The first-order valence-corrected chi connectivity index (χ1v) is 11.2. The Hall–Kier alpha value is -3.55. The van der Waals surface area contributed by atoms with Crippen molar-refractivity contribution < 1.29 is 4.79 Å². The smallest absolute Gasteiger partial charge is 0.228 e. The van der Waals surface area contributed by atoms with Crippen LogP contribution in [0.4, 0.5) is 5.82 Å².